The van der Waals surface area contributed by atoms with Crippen molar-refractivity contribution in [3.63, 3.8) is 0 Å². The Bertz CT molecular complexity index is 757. The Hall–Kier alpha value is -2.02. The van der Waals surface area contributed by atoms with E-state index >= 15 is 0 Å². The van der Waals surface area contributed by atoms with Crippen molar-refractivity contribution in [3.8, 4) is 0 Å². The van der Waals surface area contributed by atoms with Crippen molar-refractivity contribution in [2.24, 2.45) is 0 Å². The Kier molecular flexibility index (Phi) is 2.90. The molecule has 0 fully saturated rings. The van der Waals surface area contributed by atoms with Crippen molar-refractivity contribution in [2.75, 3.05) is 0 Å². The molecule has 4 nitrogen and oxygen atoms in total. The molecule has 7 heteroatoms. The lowest BCUT2D eigenvalue weighted by Crippen LogP contribution is -1.97. The lowest BCUT2D eigenvalue weighted by atomic mass is 10.3. The summed E-state index contributed by atoms with van der Waals surface area (Å²) in [5.74, 6) is -0.753. The fourth-order valence-corrected chi connectivity index (χ4v) is 2.60. The van der Waals surface area contributed by atoms with E-state index in [2.05, 4.69) is 15.1 Å². The van der Waals surface area contributed by atoms with E-state index < -0.39 is 11.6 Å². The third-order valence-corrected chi connectivity index (χ3v) is 3.51. The van der Waals surface area contributed by atoms with Gasteiger partial charge in [0.05, 0.1) is 0 Å². The zero-order chi connectivity index (χ0) is 13.4. The molecule has 3 rings (SSSR count). The van der Waals surface area contributed by atoms with Gasteiger partial charge in [-0.2, -0.15) is 14.6 Å². The number of hydrogen-bond acceptors (Lipinski definition) is 4. The fraction of sp³-hybridized carbons (Fsp3) is 0.0833. The average molecular weight is 278 g/mol. The van der Waals surface area contributed by atoms with Gasteiger partial charge in [0.25, 0.3) is 5.78 Å². The van der Waals surface area contributed by atoms with E-state index in [1.54, 1.807) is 6.07 Å². The first kappa shape index (κ1) is 12.0. The molecule has 0 unspecified atom stereocenters. The largest absolute Gasteiger partial charge is 0.253 e. The molecule has 0 amide bonds. The minimum Gasteiger partial charge on any atom is -0.216 e. The van der Waals surface area contributed by atoms with Gasteiger partial charge in [-0.25, -0.2) is 13.8 Å². The highest BCUT2D eigenvalue weighted by Gasteiger charge is 2.10. The van der Waals surface area contributed by atoms with Crippen LogP contribution in [-0.4, -0.2) is 19.6 Å². The van der Waals surface area contributed by atoms with E-state index in [4.69, 9.17) is 0 Å². The van der Waals surface area contributed by atoms with E-state index in [1.807, 2.05) is 6.92 Å². The summed E-state index contributed by atoms with van der Waals surface area (Å²) in [7, 11) is 0. The highest BCUT2D eigenvalue weighted by Crippen LogP contribution is 2.30. The molecule has 0 saturated heterocycles. The highest BCUT2D eigenvalue weighted by atomic mass is 32.2. The summed E-state index contributed by atoms with van der Waals surface area (Å²) in [6.45, 7) is 1.82. The van der Waals surface area contributed by atoms with Gasteiger partial charge in [-0.1, -0.05) is 11.8 Å². The Morgan fingerprint density at radius 2 is 2.05 bits per heavy atom. The van der Waals surface area contributed by atoms with Gasteiger partial charge in [-0.05, 0) is 25.1 Å². The van der Waals surface area contributed by atoms with Crippen LogP contribution in [0.15, 0.2) is 40.5 Å². The zero-order valence-electron chi connectivity index (χ0n) is 9.84. The predicted molar refractivity (Wildman–Crippen MR) is 66.0 cm³/mol. The molecule has 0 spiro atoms. The smallest absolute Gasteiger partial charge is 0.216 e. The number of nitrogens with zero attached hydrogens (tertiary/aromatic N) is 4. The van der Waals surface area contributed by atoms with Crippen molar-refractivity contribution in [1.29, 1.82) is 0 Å². The van der Waals surface area contributed by atoms with Crippen molar-refractivity contribution < 1.29 is 8.78 Å². The van der Waals surface area contributed by atoms with Crippen LogP contribution in [0.5, 0.6) is 0 Å². The Morgan fingerprint density at radius 1 is 1.21 bits per heavy atom. The molecule has 0 radical (unpaired) electrons. The Morgan fingerprint density at radius 3 is 2.84 bits per heavy atom. The second kappa shape index (κ2) is 4.58. The van der Waals surface area contributed by atoms with Crippen LogP contribution in [0.1, 0.15) is 5.69 Å². The third kappa shape index (κ3) is 2.28. The molecule has 2 aromatic heterocycles. The molecule has 0 N–H and O–H groups in total. The minimum atomic E-state index is -0.604. The molecule has 0 aliphatic heterocycles. The summed E-state index contributed by atoms with van der Waals surface area (Å²) in [4.78, 5) is 8.51. The molecule has 0 atom stereocenters. The van der Waals surface area contributed by atoms with Gasteiger partial charge in [0.15, 0.2) is 0 Å². The standard InChI is InChI=1S/C12H8F2N4S/c1-7-4-11(18-12(17-7)15-6-16-18)19-10-3-2-8(13)5-9(10)14/h2-6H,1H3. The van der Waals surface area contributed by atoms with Gasteiger partial charge in [0.2, 0.25) is 0 Å². The monoisotopic (exact) mass is 278 g/mol. The van der Waals surface area contributed by atoms with Gasteiger partial charge < -0.3 is 0 Å². The van der Waals surface area contributed by atoms with Gasteiger partial charge >= 0.3 is 0 Å². The molecule has 0 bridgehead atoms. The van der Waals surface area contributed by atoms with E-state index in [-0.39, 0.29) is 0 Å². The first-order valence-corrected chi connectivity index (χ1v) is 6.25. The van der Waals surface area contributed by atoms with Crippen LogP contribution in [0.25, 0.3) is 5.78 Å². The quantitative estimate of drug-likeness (QED) is 0.676. The number of aryl methyl sites for hydroxylation is 1. The van der Waals surface area contributed by atoms with E-state index in [9.17, 15) is 8.78 Å². The molecule has 0 aliphatic rings. The van der Waals surface area contributed by atoms with Gasteiger partial charge in [0.1, 0.15) is 23.0 Å². The van der Waals surface area contributed by atoms with E-state index in [0.717, 1.165) is 23.5 Å². The van der Waals surface area contributed by atoms with Crippen LogP contribution in [0.4, 0.5) is 8.78 Å². The number of benzene rings is 1. The highest BCUT2D eigenvalue weighted by molar-refractivity contribution is 7.99. The minimum absolute atomic E-state index is 0.323. The lowest BCUT2D eigenvalue weighted by Gasteiger charge is -2.05. The summed E-state index contributed by atoms with van der Waals surface area (Å²) >= 11 is 1.15. The molecule has 2 heterocycles. The van der Waals surface area contributed by atoms with Gasteiger partial charge in [-0.3, -0.25) is 0 Å². The second-order valence-electron chi connectivity index (χ2n) is 3.88. The lowest BCUT2D eigenvalue weighted by molar-refractivity contribution is 0.565. The Labute approximate surface area is 111 Å². The molecule has 3 aromatic rings. The molecule has 19 heavy (non-hydrogen) atoms. The SMILES string of the molecule is Cc1cc(Sc2ccc(F)cc2F)n2ncnc2n1. The summed E-state index contributed by atoms with van der Waals surface area (Å²) in [6, 6.07) is 5.25. The zero-order valence-corrected chi connectivity index (χ0v) is 10.7. The van der Waals surface area contributed by atoms with Crippen LogP contribution < -0.4 is 0 Å². The first-order valence-electron chi connectivity index (χ1n) is 5.44. The molecular weight excluding hydrogens is 270 g/mol. The number of halogens is 2. The van der Waals surface area contributed by atoms with Crippen LogP contribution >= 0.6 is 11.8 Å². The molecule has 1 aromatic carbocycles. The molecule has 0 aliphatic carbocycles. The van der Waals surface area contributed by atoms with Crippen molar-refractivity contribution in [1.82, 2.24) is 19.6 Å². The van der Waals surface area contributed by atoms with Crippen molar-refractivity contribution >= 4 is 17.5 Å². The second-order valence-corrected chi connectivity index (χ2v) is 4.95. The van der Waals surface area contributed by atoms with Crippen LogP contribution in [0.3, 0.4) is 0 Å². The number of fused-ring (bicyclic) bond motifs is 1. The van der Waals surface area contributed by atoms with E-state index in [1.165, 1.54) is 23.0 Å². The summed E-state index contributed by atoms with van der Waals surface area (Å²) in [5.41, 5.74) is 0.755. The molecule has 0 saturated carbocycles. The summed E-state index contributed by atoms with van der Waals surface area (Å²) in [5, 5.41) is 4.70. The molecule has 96 valence electrons. The number of aromatic nitrogens is 4. The average Bonchev–Trinajstić information content (AvgIpc) is 2.80. The van der Waals surface area contributed by atoms with Crippen molar-refractivity contribution in [3.05, 3.63) is 47.9 Å². The summed E-state index contributed by atoms with van der Waals surface area (Å²) < 4.78 is 28.0. The third-order valence-electron chi connectivity index (χ3n) is 2.46. The summed E-state index contributed by atoms with van der Waals surface area (Å²) in [6.07, 6.45) is 1.38. The maximum Gasteiger partial charge on any atom is 0.253 e. The molecular formula is C12H8F2N4S. The van der Waals surface area contributed by atoms with Gasteiger partial charge in [0, 0.05) is 16.7 Å². The Balaban J connectivity index is 2.07. The van der Waals surface area contributed by atoms with Gasteiger partial charge in [-0.15, -0.1) is 0 Å². The van der Waals surface area contributed by atoms with Crippen LogP contribution in [-0.2, 0) is 0 Å². The normalized spacial score (nSPS) is 11.1. The number of rotatable bonds is 2. The number of hydrogen-bond donors (Lipinski definition) is 0. The predicted octanol–water partition coefficient (Wildman–Crippen LogP) is 2.86. The van der Waals surface area contributed by atoms with Crippen molar-refractivity contribution in [2.45, 2.75) is 16.8 Å². The first-order chi connectivity index (χ1) is 9.13. The fourth-order valence-electron chi connectivity index (χ4n) is 1.64. The van der Waals surface area contributed by atoms with Crippen LogP contribution in [0.2, 0.25) is 0 Å². The topological polar surface area (TPSA) is 43.1 Å². The maximum absolute atomic E-state index is 13.6. The maximum atomic E-state index is 13.6. The van der Waals surface area contributed by atoms with Crippen LogP contribution in [0, 0.1) is 18.6 Å². The van der Waals surface area contributed by atoms with E-state index in [0.29, 0.717) is 15.7 Å².